The van der Waals surface area contributed by atoms with Crippen molar-refractivity contribution in [1.82, 2.24) is 0 Å². The third-order valence-electron chi connectivity index (χ3n) is 4.48. The van der Waals surface area contributed by atoms with E-state index in [4.69, 9.17) is 9.47 Å². The number of ether oxygens (including phenoxy) is 2. The fraction of sp³-hybridized carbons (Fsp3) is 0.273. The molecule has 0 spiro atoms. The van der Waals surface area contributed by atoms with Crippen molar-refractivity contribution in [3.63, 3.8) is 0 Å². The fourth-order valence-corrected chi connectivity index (χ4v) is 4.30. The highest BCUT2D eigenvalue weighted by Crippen LogP contribution is 2.20. The SMILES string of the molecule is CC(OC(=O)CC1C=CS(=O)(=O)C1)C(=O)Nc1ccc(OCc2ccccc2)cc1. The van der Waals surface area contributed by atoms with Crippen LogP contribution >= 0.6 is 0 Å². The van der Waals surface area contributed by atoms with E-state index in [0.29, 0.717) is 18.0 Å². The van der Waals surface area contributed by atoms with E-state index < -0.39 is 33.7 Å². The minimum Gasteiger partial charge on any atom is -0.489 e. The summed E-state index contributed by atoms with van der Waals surface area (Å²) in [6, 6.07) is 16.6. The molecule has 30 heavy (non-hydrogen) atoms. The fourth-order valence-electron chi connectivity index (χ4n) is 2.90. The van der Waals surface area contributed by atoms with Gasteiger partial charge in [0.25, 0.3) is 5.91 Å². The Hall–Kier alpha value is -3.13. The Balaban J connectivity index is 1.44. The maximum absolute atomic E-state index is 12.3. The number of carbonyl (C=O) groups is 2. The number of anilines is 1. The summed E-state index contributed by atoms with van der Waals surface area (Å²) in [6.45, 7) is 1.91. The van der Waals surface area contributed by atoms with Crippen LogP contribution in [0.3, 0.4) is 0 Å². The Morgan fingerprint density at radius 1 is 1.10 bits per heavy atom. The lowest BCUT2D eigenvalue weighted by Gasteiger charge is -2.15. The molecule has 1 heterocycles. The van der Waals surface area contributed by atoms with Gasteiger partial charge >= 0.3 is 5.97 Å². The Labute approximate surface area is 175 Å². The van der Waals surface area contributed by atoms with Gasteiger partial charge < -0.3 is 14.8 Å². The summed E-state index contributed by atoms with van der Waals surface area (Å²) in [7, 11) is -3.23. The Bertz CT molecular complexity index is 1020. The summed E-state index contributed by atoms with van der Waals surface area (Å²) in [5.41, 5.74) is 1.59. The number of allylic oxidation sites excluding steroid dienone is 1. The molecule has 1 aliphatic rings. The summed E-state index contributed by atoms with van der Waals surface area (Å²) in [5, 5.41) is 3.78. The van der Waals surface area contributed by atoms with E-state index in [9.17, 15) is 18.0 Å². The average molecular weight is 429 g/mol. The van der Waals surface area contributed by atoms with Crippen molar-refractivity contribution >= 4 is 27.4 Å². The van der Waals surface area contributed by atoms with Crippen molar-refractivity contribution in [3.8, 4) is 5.75 Å². The molecule has 2 aromatic carbocycles. The molecule has 2 unspecified atom stereocenters. The van der Waals surface area contributed by atoms with E-state index in [1.54, 1.807) is 24.3 Å². The lowest BCUT2D eigenvalue weighted by Crippen LogP contribution is -2.30. The second-order valence-electron chi connectivity index (χ2n) is 7.04. The van der Waals surface area contributed by atoms with Gasteiger partial charge in [-0.15, -0.1) is 0 Å². The molecule has 0 radical (unpaired) electrons. The summed E-state index contributed by atoms with van der Waals surface area (Å²) in [6.07, 6.45) is 0.386. The second-order valence-corrected chi connectivity index (χ2v) is 8.97. The van der Waals surface area contributed by atoms with Gasteiger partial charge in [0.05, 0.1) is 12.2 Å². The first-order chi connectivity index (χ1) is 14.3. The molecule has 0 fully saturated rings. The highest BCUT2D eigenvalue weighted by Gasteiger charge is 2.26. The molecule has 0 aromatic heterocycles. The normalized spacial score (nSPS) is 17.8. The van der Waals surface area contributed by atoms with Gasteiger partial charge in [-0.25, -0.2) is 8.42 Å². The predicted molar refractivity (Wildman–Crippen MR) is 112 cm³/mol. The number of carbonyl (C=O) groups excluding carboxylic acids is 2. The van der Waals surface area contributed by atoms with Gasteiger partial charge in [0.2, 0.25) is 0 Å². The summed E-state index contributed by atoms with van der Waals surface area (Å²) in [5.74, 6) is -0.955. The number of hydrogen-bond donors (Lipinski definition) is 1. The summed E-state index contributed by atoms with van der Waals surface area (Å²) < 4.78 is 33.6. The molecular formula is C22H23NO6S. The third-order valence-corrected chi connectivity index (χ3v) is 5.95. The molecule has 2 aromatic rings. The molecule has 0 saturated carbocycles. The van der Waals surface area contributed by atoms with Crippen LogP contribution in [0.15, 0.2) is 66.1 Å². The zero-order valence-electron chi connectivity index (χ0n) is 16.5. The summed E-state index contributed by atoms with van der Waals surface area (Å²) >= 11 is 0. The van der Waals surface area contributed by atoms with E-state index in [0.717, 1.165) is 11.0 Å². The first-order valence-corrected chi connectivity index (χ1v) is 11.2. The zero-order chi connectivity index (χ0) is 21.6. The van der Waals surface area contributed by atoms with Crippen LogP contribution in [0.25, 0.3) is 0 Å². The molecule has 0 saturated heterocycles. The van der Waals surface area contributed by atoms with Crippen LogP contribution in [0, 0.1) is 5.92 Å². The van der Waals surface area contributed by atoms with Crippen molar-refractivity contribution < 1.29 is 27.5 Å². The van der Waals surface area contributed by atoms with E-state index in [1.165, 1.54) is 13.0 Å². The van der Waals surface area contributed by atoms with Gasteiger partial charge in [0.15, 0.2) is 15.9 Å². The molecule has 1 amide bonds. The van der Waals surface area contributed by atoms with Crippen molar-refractivity contribution in [3.05, 3.63) is 71.6 Å². The van der Waals surface area contributed by atoms with Gasteiger partial charge in [-0.1, -0.05) is 36.4 Å². The first-order valence-electron chi connectivity index (χ1n) is 9.49. The molecular weight excluding hydrogens is 406 g/mol. The van der Waals surface area contributed by atoms with Crippen molar-refractivity contribution in [2.75, 3.05) is 11.1 Å². The van der Waals surface area contributed by atoms with Crippen LogP contribution < -0.4 is 10.1 Å². The molecule has 158 valence electrons. The zero-order valence-corrected chi connectivity index (χ0v) is 17.3. The molecule has 0 bridgehead atoms. The number of hydrogen-bond acceptors (Lipinski definition) is 6. The van der Waals surface area contributed by atoms with Crippen LogP contribution in [0.2, 0.25) is 0 Å². The average Bonchev–Trinajstić information content (AvgIpc) is 3.06. The maximum Gasteiger partial charge on any atom is 0.307 e. The smallest absolute Gasteiger partial charge is 0.307 e. The third kappa shape index (κ3) is 6.45. The van der Waals surface area contributed by atoms with Crippen LogP contribution in [-0.2, 0) is 30.8 Å². The number of sulfone groups is 1. The maximum atomic E-state index is 12.3. The lowest BCUT2D eigenvalue weighted by molar-refractivity contribution is -0.153. The van der Waals surface area contributed by atoms with Crippen LogP contribution in [0.1, 0.15) is 18.9 Å². The van der Waals surface area contributed by atoms with Crippen LogP contribution in [0.5, 0.6) is 5.75 Å². The lowest BCUT2D eigenvalue weighted by atomic mass is 10.1. The highest BCUT2D eigenvalue weighted by molar-refractivity contribution is 7.94. The van der Waals surface area contributed by atoms with Crippen LogP contribution in [0.4, 0.5) is 5.69 Å². The largest absolute Gasteiger partial charge is 0.489 e. The number of rotatable bonds is 8. The first kappa shape index (κ1) is 21.6. The number of esters is 1. The van der Waals surface area contributed by atoms with Crippen molar-refractivity contribution in [2.45, 2.75) is 26.1 Å². The van der Waals surface area contributed by atoms with Gasteiger partial charge in [-0.3, -0.25) is 9.59 Å². The standard InChI is InChI=1S/C22H23NO6S/c1-16(29-21(24)13-18-11-12-30(26,27)15-18)22(25)23-19-7-9-20(10-8-19)28-14-17-5-3-2-4-6-17/h2-12,16,18H,13-15H2,1H3,(H,23,25). The van der Waals surface area contributed by atoms with Gasteiger partial charge in [0.1, 0.15) is 12.4 Å². The molecule has 1 aliphatic heterocycles. The van der Waals surface area contributed by atoms with E-state index in [-0.39, 0.29) is 12.2 Å². The predicted octanol–water partition coefficient (Wildman–Crippen LogP) is 3.08. The van der Waals surface area contributed by atoms with E-state index in [1.807, 2.05) is 30.3 Å². The highest BCUT2D eigenvalue weighted by atomic mass is 32.2. The van der Waals surface area contributed by atoms with Crippen LogP contribution in [-0.4, -0.2) is 32.2 Å². The molecule has 1 N–H and O–H groups in total. The topological polar surface area (TPSA) is 98.8 Å². The van der Waals surface area contributed by atoms with E-state index in [2.05, 4.69) is 5.32 Å². The molecule has 7 nitrogen and oxygen atoms in total. The quantitative estimate of drug-likeness (QED) is 0.648. The molecule has 2 atom stereocenters. The van der Waals surface area contributed by atoms with Gasteiger partial charge in [0, 0.05) is 17.0 Å². The minimum absolute atomic E-state index is 0.0825. The number of amides is 1. The second kappa shape index (κ2) is 9.58. The minimum atomic E-state index is -3.23. The Morgan fingerprint density at radius 2 is 1.80 bits per heavy atom. The van der Waals surface area contributed by atoms with Crippen molar-refractivity contribution in [2.24, 2.45) is 5.92 Å². The molecule has 0 aliphatic carbocycles. The number of nitrogens with one attached hydrogen (secondary N) is 1. The number of benzene rings is 2. The van der Waals surface area contributed by atoms with Gasteiger partial charge in [-0.2, -0.15) is 0 Å². The monoisotopic (exact) mass is 429 g/mol. The van der Waals surface area contributed by atoms with E-state index >= 15 is 0 Å². The Kier molecular flexibility index (Phi) is 6.89. The Morgan fingerprint density at radius 3 is 2.43 bits per heavy atom. The van der Waals surface area contributed by atoms with Crippen molar-refractivity contribution in [1.29, 1.82) is 0 Å². The molecule has 8 heteroatoms. The van der Waals surface area contributed by atoms with Gasteiger partial charge in [-0.05, 0) is 36.8 Å². The molecule has 3 rings (SSSR count). The summed E-state index contributed by atoms with van der Waals surface area (Å²) in [4.78, 5) is 24.2.